The average Bonchev–Trinajstić information content (AvgIpc) is 2.48. The number of hydrogen-bond acceptors (Lipinski definition) is 3. The summed E-state index contributed by atoms with van der Waals surface area (Å²) in [4.78, 5) is 13.2. The summed E-state index contributed by atoms with van der Waals surface area (Å²) in [5.74, 6) is 0.0882. The van der Waals surface area contributed by atoms with Crippen LogP contribution >= 0.6 is 0 Å². The molecule has 0 radical (unpaired) electrons. The van der Waals surface area contributed by atoms with E-state index in [0.29, 0.717) is 17.7 Å². The van der Waals surface area contributed by atoms with Crippen molar-refractivity contribution in [3.05, 3.63) is 29.8 Å². The number of rotatable bonds is 6. The molecule has 2 atom stereocenters. The van der Waals surface area contributed by atoms with Gasteiger partial charge in [-0.1, -0.05) is 19.1 Å². The van der Waals surface area contributed by atoms with Gasteiger partial charge < -0.3 is 10.2 Å². The molecule has 1 heterocycles. The first-order valence-corrected chi connectivity index (χ1v) is 7.85. The Labute approximate surface area is 126 Å². The lowest BCUT2D eigenvalue weighted by Crippen LogP contribution is -2.38. The highest BCUT2D eigenvalue weighted by Crippen LogP contribution is 2.31. The first-order valence-electron chi connectivity index (χ1n) is 7.85. The van der Waals surface area contributed by atoms with Crippen molar-refractivity contribution in [2.45, 2.75) is 45.1 Å². The number of carbonyl (C=O) groups is 1. The molecule has 1 aliphatic heterocycles. The number of benzene rings is 1. The molecular weight excluding hydrogens is 266 g/mol. The number of phenolic OH excluding ortho intramolecular Hbond substituents is 1. The number of aromatic hydroxyl groups is 1. The minimum Gasteiger partial charge on any atom is -0.508 e. The predicted octanol–water partition coefficient (Wildman–Crippen LogP) is 3.42. The molecule has 4 nitrogen and oxygen atoms in total. The maximum Gasteiger partial charge on any atom is 0.303 e. The summed E-state index contributed by atoms with van der Waals surface area (Å²) < 4.78 is 0. The van der Waals surface area contributed by atoms with Crippen LogP contribution in [-0.4, -0.2) is 34.2 Å². The van der Waals surface area contributed by atoms with Gasteiger partial charge in [-0.15, -0.1) is 0 Å². The lowest BCUT2D eigenvalue weighted by Gasteiger charge is -2.38. The van der Waals surface area contributed by atoms with Crippen LogP contribution in [0.1, 0.15) is 50.6 Å². The predicted molar refractivity (Wildman–Crippen MR) is 82.3 cm³/mol. The van der Waals surface area contributed by atoms with Gasteiger partial charge in [-0.2, -0.15) is 0 Å². The minimum atomic E-state index is -0.697. The zero-order valence-electron chi connectivity index (χ0n) is 12.7. The van der Waals surface area contributed by atoms with E-state index in [9.17, 15) is 9.90 Å². The zero-order chi connectivity index (χ0) is 15.2. The average molecular weight is 291 g/mol. The van der Waals surface area contributed by atoms with E-state index in [0.717, 1.165) is 38.8 Å². The molecule has 0 spiro atoms. The van der Waals surface area contributed by atoms with Crippen LogP contribution in [0.2, 0.25) is 0 Å². The second kappa shape index (κ2) is 7.46. The normalized spacial score (nSPS) is 21.1. The summed E-state index contributed by atoms with van der Waals surface area (Å²) in [6, 6.07) is 7.82. The highest BCUT2D eigenvalue weighted by Gasteiger charge is 2.26. The molecule has 0 bridgehead atoms. The van der Waals surface area contributed by atoms with Gasteiger partial charge >= 0.3 is 5.97 Å². The number of carboxylic acid groups (broad SMARTS) is 1. The Hall–Kier alpha value is -1.55. The summed E-state index contributed by atoms with van der Waals surface area (Å²) in [7, 11) is 0. The van der Waals surface area contributed by atoms with Crippen molar-refractivity contribution in [3.63, 3.8) is 0 Å². The minimum absolute atomic E-state index is 0.272. The Kier molecular flexibility index (Phi) is 5.62. The van der Waals surface area contributed by atoms with E-state index in [1.54, 1.807) is 12.1 Å². The van der Waals surface area contributed by atoms with Crippen LogP contribution in [0.5, 0.6) is 5.75 Å². The fourth-order valence-corrected chi connectivity index (χ4v) is 3.34. The van der Waals surface area contributed by atoms with Crippen LogP contribution in [0.4, 0.5) is 0 Å². The van der Waals surface area contributed by atoms with Crippen LogP contribution in [0.3, 0.4) is 0 Å². The van der Waals surface area contributed by atoms with Crippen molar-refractivity contribution in [1.82, 2.24) is 4.90 Å². The molecule has 0 aliphatic carbocycles. The van der Waals surface area contributed by atoms with E-state index >= 15 is 0 Å². The van der Waals surface area contributed by atoms with E-state index in [1.807, 2.05) is 12.1 Å². The number of nitrogens with zero attached hydrogens (tertiary/aromatic N) is 1. The molecule has 1 aliphatic rings. The summed E-state index contributed by atoms with van der Waals surface area (Å²) >= 11 is 0. The summed E-state index contributed by atoms with van der Waals surface area (Å²) in [6.07, 6.45) is 4.34. The third-order valence-electron chi connectivity index (χ3n) is 4.42. The van der Waals surface area contributed by atoms with Gasteiger partial charge in [0.2, 0.25) is 0 Å². The number of piperidine rings is 1. The van der Waals surface area contributed by atoms with Gasteiger partial charge in [0.1, 0.15) is 5.75 Å². The third kappa shape index (κ3) is 4.46. The van der Waals surface area contributed by atoms with Gasteiger partial charge in [0.15, 0.2) is 0 Å². The second-order valence-electron chi connectivity index (χ2n) is 5.95. The molecule has 1 aromatic carbocycles. The van der Waals surface area contributed by atoms with Crippen molar-refractivity contribution in [1.29, 1.82) is 0 Å². The summed E-state index contributed by atoms with van der Waals surface area (Å²) in [5.41, 5.74) is 1.23. The summed E-state index contributed by atoms with van der Waals surface area (Å²) in [5, 5.41) is 18.2. The molecule has 0 aromatic heterocycles. The molecule has 1 aromatic rings. The quantitative estimate of drug-likeness (QED) is 0.843. The Bertz CT molecular complexity index is 458. The molecular formula is C17H25NO3. The molecule has 1 saturated heterocycles. The molecule has 4 heteroatoms. The highest BCUT2D eigenvalue weighted by atomic mass is 16.4. The van der Waals surface area contributed by atoms with E-state index in [-0.39, 0.29) is 6.42 Å². The Balaban J connectivity index is 2.00. The maximum atomic E-state index is 10.7. The third-order valence-corrected chi connectivity index (χ3v) is 4.42. The Morgan fingerprint density at radius 2 is 2.10 bits per heavy atom. The number of phenols is 1. The molecule has 2 unspecified atom stereocenters. The molecule has 0 saturated carbocycles. The SMILES string of the molecule is CCC(c1ccc(O)cc1)N1CCCC(CCC(=O)O)C1. The van der Waals surface area contributed by atoms with E-state index < -0.39 is 5.97 Å². The van der Waals surface area contributed by atoms with Crippen LogP contribution in [-0.2, 0) is 4.79 Å². The number of hydrogen-bond donors (Lipinski definition) is 2. The lowest BCUT2D eigenvalue weighted by atomic mass is 9.90. The molecule has 0 amide bonds. The molecule has 2 rings (SSSR count). The smallest absolute Gasteiger partial charge is 0.303 e. The second-order valence-corrected chi connectivity index (χ2v) is 5.95. The van der Waals surface area contributed by atoms with Gasteiger partial charge in [0, 0.05) is 19.0 Å². The van der Waals surface area contributed by atoms with Gasteiger partial charge in [0.05, 0.1) is 0 Å². The molecule has 1 fully saturated rings. The van der Waals surface area contributed by atoms with Crippen LogP contribution in [0, 0.1) is 5.92 Å². The fourth-order valence-electron chi connectivity index (χ4n) is 3.34. The van der Waals surface area contributed by atoms with Crippen LogP contribution < -0.4 is 0 Å². The molecule has 116 valence electrons. The fraction of sp³-hybridized carbons (Fsp3) is 0.588. The van der Waals surface area contributed by atoms with Crippen molar-refractivity contribution in [3.8, 4) is 5.75 Å². The number of likely N-dealkylation sites (tertiary alicyclic amines) is 1. The van der Waals surface area contributed by atoms with E-state index in [2.05, 4.69) is 11.8 Å². The van der Waals surface area contributed by atoms with E-state index in [1.165, 1.54) is 5.56 Å². The van der Waals surface area contributed by atoms with Gasteiger partial charge in [-0.25, -0.2) is 0 Å². The highest BCUT2D eigenvalue weighted by molar-refractivity contribution is 5.66. The molecule has 21 heavy (non-hydrogen) atoms. The number of carboxylic acids is 1. The van der Waals surface area contributed by atoms with Crippen LogP contribution in [0.25, 0.3) is 0 Å². The monoisotopic (exact) mass is 291 g/mol. The lowest BCUT2D eigenvalue weighted by molar-refractivity contribution is -0.137. The van der Waals surface area contributed by atoms with Crippen molar-refractivity contribution in [2.24, 2.45) is 5.92 Å². The maximum absolute atomic E-state index is 10.7. The van der Waals surface area contributed by atoms with Gasteiger partial charge in [-0.05, 0) is 55.8 Å². The first kappa shape index (κ1) is 15.8. The molecule has 2 N–H and O–H groups in total. The zero-order valence-corrected chi connectivity index (χ0v) is 12.7. The first-order chi connectivity index (χ1) is 10.1. The number of aliphatic carboxylic acids is 1. The Morgan fingerprint density at radius 3 is 2.71 bits per heavy atom. The van der Waals surface area contributed by atoms with Crippen molar-refractivity contribution < 1.29 is 15.0 Å². The largest absolute Gasteiger partial charge is 0.508 e. The van der Waals surface area contributed by atoms with Crippen molar-refractivity contribution in [2.75, 3.05) is 13.1 Å². The van der Waals surface area contributed by atoms with Gasteiger partial charge in [-0.3, -0.25) is 9.69 Å². The Morgan fingerprint density at radius 1 is 1.38 bits per heavy atom. The van der Waals surface area contributed by atoms with Gasteiger partial charge in [0.25, 0.3) is 0 Å². The van der Waals surface area contributed by atoms with E-state index in [4.69, 9.17) is 5.11 Å². The van der Waals surface area contributed by atoms with Crippen LogP contribution in [0.15, 0.2) is 24.3 Å². The summed E-state index contributed by atoms with van der Waals surface area (Å²) in [6.45, 7) is 4.23. The van der Waals surface area contributed by atoms with Crippen molar-refractivity contribution >= 4 is 5.97 Å². The standard InChI is InChI=1S/C17H25NO3/c1-2-16(14-6-8-15(19)9-7-14)18-11-3-4-13(12-18)5-10-17(20)21/h6-9,13,16,19H,2-5,10-12H2,1H3,(H,20,21). The topological polar surface area (TPSA) is 60.8 Å².